The van der Waals surface area contributed by atoms with Gasteiger partial charge in [-0.2, -0.15) is 4.98 Å². The maximum absolute atomic E-state index is 12.3. The molecule has 0 saturated heterocycles. The lowest BCUT2D eigenvalue weighted by molar-refractivity contribution is -0.118. The third-order valence-corrected chi connectivity index (χ3v) is 5.80. The van der Waals surface area contributed by atoms with Gasteiger partial charge in [0.15, 0.2) is 0 Å². The predicted octanol–water partition coefficient (Wildman–Crippen LogP) is 1.78. The number of benzene rings is 1. The molecule has 2 rings (SSSR count). The number of sulfonamides is 1. The maximum Gasteiger partial charge on any atom is 0.242 e. The van der Waals surface area contributed by atoms with Crippen LogP contribution in [-0.2, 0) is 14.8 Å². The van der Waals surface area contributed by atoms with Gasteiger partial charge in [0.05, 0.1) is 9.37 Å². The molecule has 1 heterocycles. The SMILES string of the molecule is CC(=O)NCCNc1nc(Nc2cccc(S(=O)(=O)N(C)C)c2)ncc1Br. The fraction of sp³-hybridized carbons (Fsp3) is 0.312. The van der Waals surface area contributed by atoms with Crippen LogP contribution >= 0.6 is 15.9 Å². The van der Waals surface area contributed by atoms with Crippen LogP contribution in [0.2, 0.25) is 0 Å². The van der Waals surface area contributed by atoms with Crippen molar-refractivity contribution in [2.45, 2.75) is 11.8 Å². The minimum Gasteiger partial charge on any atom is -0.367 e. The van der Waals surface area contributed by atoms with Crippen molar-refractivity contribution in [1.29, 1.82) is 0 Å². The summed E-state index contributed by atoms with van der Waals surface area (Å²) in [4.78, 5) is 19.6. The Morgan fingerprint density at radius 1 is 1.26 bits per heavy atom. The fourth-order valence-corrected chi connectivity index (χ4v) is 3.32. The first-order valence-corrected chi connectivity index (χ1v) is 10.2. The Morgan fingerprint density at radius 3 is 2.67 bits per heavy atom. The quantitative estimate of drug-likeness (QED) is 0.518. The molecule has 0 atom stereocenters. The largest absolute Gasteiger partial charge is 0.367 e. The Balaban J connectivity index is 2.14. The molecule has 2 aromatic rings. The molecular formula is C16H21BrN6O3S. The van der Waals surface area contributed by atoms with Crippen LogP contribution in [0.25, 0.3) is 0 Å². The van der Waals surface area contributed by atoms with Crippen LogP contribution in [0.15, 0.2) is 39.8 Å². The van der Waals surface area contributed by atoms with E-state index in [9.17, 15) is 13.2 Å². The van der Waals surface area contributed by atoms with Gasteiger partial charge in [-0.25, -0.2) is 17.7 Å². The van der Waals surface area contributed by atoms with Crippen molar-refractivity contribution < 1.29 is 13.2 Å². The van der Waals surface area contributed by atoms with E-state index in [2.05, 4.69) is 41.8 Å². The Morgan fingerprint density at radius 2 is 2.00 bits per heavy atom. The van der Waals surface area contributed by atoms with Crippen molar-refractivity contribution in [2.24, 2.45) is 0 Å². The van der Waals surface area contributed by atoms with E-state index in [1.807, 2.05) is 0 Å². The lowest BCUT2D eigenvalue weighted by Gasteiger charge is -2.13. The van der Waals surface area contributed by atoms with Crippen LogP contribution in [-0.4, -0.2) is 55.8 Å². The number of rotatable bonds is 8. The molecule has 3 N–H and O–H groups in total. The summed E-state index contributed by atoms with van der Waals surface area (Å²) in [6.45, 7) is 2.40. The molecule has 0 spiro atoms. The van der Waals surface area contributed by atoms with Crippen molar-refractivity contribution in [3.8, 4) is 0 Å². The third-order valence-electron chi connectivity index (χ3n) is 3.40. The number of anilines is 3. The van der Waals surface area contributed by atoms with Gasteiger partial charge in [-0.15, -0.1) is 0 Å². The van der Waals surface area contributed by atoms with Gasteiger partial charge in [-0.3, -0.25) is 4.79 Å². The number of amides is 1. The number of carbonyl (C=O) groups is 1. The number of hydrogen-bond donors (Lipinski definition) is 3. The van der Waals surface area contributed by atoms with Gasteiger partial charge >= 0.3 is 0 Å². The van der Waals surface area contributed by atoms with E-state index in [4.69, 9.17) is 0 Å². The highest BCUT2D eigenvalue weighted by atomic mass is 79.9. The first-order chi connectivity index (χ1) is 12.7. The standard InChI is InChI=1S/C16H21BrN6O3S/c1-11(24)18-7-8-19-15-14(17)10-20-16(22-15)21-12-5-4-6-13(9-12)27(25,26)23(2)3/h4-6,9-10H,7-8H2,1-3H3,(H,18,24)(H2,19,20,21,22). The molecule has 0 bridgehead atoms. The van der Waals surface area contributed by atoms with Crippen LogP contribution in [0, 0.1) is 0 Å². The highest BCUT2D eigenvalue weighted by Crippen LogP contribution is 2.23. The van der Waals surface area contributed by atoms with E-state index >= 15 is 0 Å². The van der Waals surface area contributed by atoms with E-state index in [-0.39, 0.29) is 10.8 Å². The topological polar surface area (TPSA) is 116 Å². The maximum atomic E-state index is 12.3. The molecule has 27 heavy (non-hydrogen) atoms. The Bertz CT molecular complexity index is 920. The summed E-state index contributed by atoms with van der Waals surface area (Å²) in [7, 11) is -0.574. The van der Waals surface area contributed by atoms with Gasteiger partial charge in [0, 0.05) is 46.0 Å². The minimum atomic E-state index is -3.53. The van der Waals surface area contributed by atoms with E-state index in [0.717, 1.165) is 4.31 Å². The molecule has 1 aromatic carbocycles. The zero-order chi connectivity index (χ0) is 20.0. The normalized spacial score (nSPS) is 11.3. The van der Waals surface area contributed by atoms with E-state index in [1.165, 1.54) is 33.2 Å². The Kier molecular flexibility index (Phi) is 7.11. The molecule has 0 saturated carbocycles. The smallest absolute Gasteiger partial charge is 0.242 e. The third kappa shape index (κ3) is 5.88. The highest BCUT2D eigenvalue weighted by molar-refractivity contribution is 9.10. The summed E-state index contributed by atoms with van der Waals surface area (Å²) in [6, 6.07) is 6.41. The van der Waals surface area contributed by atoms with Crippen LogP contribution in [0.4, 0.5) is 17.5 Å². The van der Waals surface area contributed by atoms with Gasteiger partial charge < -0.3 is 16.0 Å². The Hall–Kier alpha value is -2.24. The zero-order valence-corrected chi connectivity index (χ0v) is 17.6. The van der Waals surface area contributed by atoms with Crippen molar-refractivity contribution in [2.75, 3.05) is 37.8 Å². The minimum absolute atomic E-state index is 0.103. The van der Waals surface area contributed by atoms with Crippen LogP contribution in [0.3, 0.4) is 0 Å². The molecule has 1 aromatic heterocycles. The molecule has 0 aliphatic rings. The monoisotopic (exact) mass is 456 g/mol. The van der Waals surface area contributed by atoms with Crippen molar-refractivity contribution in [1.82, 2.24) is 19.6 Å². The first-order valence-electron chi connectivity index (χ1n) is 8.00. The van der Waals surface area contributed by atoms with Gasteiger partial charge in [-0.05, 0) is 34.1 Å². The van der Waals surface area contributed by atoms with Gasteiger partial charge in [0.25, 0.3) is 0 Å². The second-order valence-corrected chi connectivity index (χ2v) is 8.75. The van der Waals surface area contributed by atoms with E-state index in [1.54, 1.807) is 18.3 Å². The molecule has 0 aliphatic heterocycles. The lowest BCUT2D eigenvalue weighted by Crippen LogP contribution is -2.26. The molecule has 9 nitrogen and oxygen atoms in total. The van der Waals surface area contributed by atoms with E-state index in [0.29, 0.717) is 35.0 Å². The Labute approximate surface area is 166 Å². The molecular weight excluding hydrogens is 436 g/mol. The summed E-state index contributed by atoms with van der Waals surface area (Å²) in [5.41, 5.74) is 0.546. The number of halogens is 1. The molecule has 1 amide bonds. The number of hydrogen-bond acceptors (Lipinski definition) is 7. The molecule has 0 fully saturated rings. The fourth-order valence-electron chi connectivity index (χ4n) is 2.04. The van der Waals surface area contributed by atoms with Crippen LogP contribution in [0.5, 0.6) is 0 Å². The van der Waals surface area contributed by atoms with Crippen LogP contribution < -0.4 is 16.0 Å². The van der Waals surface area contributed by atoms with Crippen molar-refractivity contribution in [3.63, 3.8) is 0 Å². The van der Waals surface area contributed by atoms with Crippen molar-refractivity contribution >= 4 is 49.3 Å². The summed E-state index contributed by atoms with van der Waals surface area (Å²) in [6.07, 6.45) is 1.58. The zero-order valence-electron chi connectivity index (χ0n) is 15.2. The molecule has 11 heteroatoms. The molecule has 146 valence electrons. The highest BCUT2D eigenvalue weighted by Gasteiger charge is 2.17. The summed E-state index contributed by atoms with van der Waals surface area (Å²) in [5, 5.41) is 8.77. The number of nitrogens with zero attached hydrogens (tertiary/aromatic N) is 3. The van der Waals surface area contributed by atoms with Gasteiger partial charge in [0.2, 0.25) is 21.9 Å². The summed E-state index contributed by atoms with van der Waals surface area (Å²) >= 11 is 3.36. The number of aromatic nitrogens is 2. The number of carbonyl (C=O) groups excluding carboxylic acids is 1. The molecule has 0 radical (unpaired) electrons. The first kappa shape index (κ1) is 21.1. The van der Waals surface area contributed by atoms with E-state index < -0.39 is 10.0 Å². The summed E-state index contributed by atoms with van der Waals surface area (Å²) in [5.74, 6) is 0.753. The lowest BCUT2D eigenvalue weighted by atomic mass is 10.3. The average Bonchev–Trinajstić information content (AvgIpc) is 2.61. The second kappa shape index (κ2) is 9.11. The van der Waals surface area contributed by atoms with Gasteiger partial charge in [0.1, 0.15) is 5.82 Å². The second-order valence-electron chi connectivity index (χ2n) is 5.74. The van der Waals surface area contributed by atoms with Crippen LogP contribution in [0.1, 0.15) is 6.92 Å². The molecule has 0 aliphatic carbocycles. The summed E-state index contributed by atoms with van der Waals surface area (Å²) < 4.78 is 26.3. The van der Waals surface area contributed by atoms with Crippen molar-refractivity contribution in [3.05, 3.63) is 34.9 Å². The van der Waals surface area contributed by atoms with Gasteiger partial charge in [-0.1, -0.05) is 6.07 Å². The number of nitrogens with one attached hydrogen (secondary N) is 3. The molecule has 0 unspecified atom stereocenters. The predicted molar refractivity (Wildman–Crippen MR) is 108 cm³/mol. The average molecular weight is 457 g/mol.